The van der Waals surface area contributed by atoms with E-state index in [4.69, 9.17) is 0 Å². The van der Waals surface area contributed by atoms with Crippen molar-refractivity contribution in [3.05, 3.63) is 69.8 Å². The van der Waals surface area contributed by atoms with Crippen LogP contribution in [0.3, 0.4) is 0 Å². The Morgan fingerprint density at radius 1 is 1.04 bits per heavy atom. The van der Waals surface area contributed by atoms with Crippen molar-refractivity contribution in [3.8, 4) is 11.5 Å². The van der Waals surface area contributed by atoms with Gasteiger partial charge in [-0.15, -0.1) is 0 Å². The SMILES string of the molecule is O=C(C=Cc1cccc([N+](=O)[O-])c1)c1ccc(OC(F)F)cc1OC(F)F. The zero-order valence-electron chi connectivity index (χ0n) is 13.4. The number of hydrogen-bond donors (Lipinski definition) is 0. The van der Waals surface area contributed by atoms with Crippen LogP contribution in [0, 0.1) is 10.1 Å². The van der Waals surface area contributed by atoms with Crippen LogP contribution in [-0.4, -0.2) is 23.9 Å². The summed E-state index contributed by atoms with van der Waals surface area (Å²) in [6.45, 7) is -6.47. The highest BCUT2D eigenvalue weighted by molar-refractivity contribution is 6.08. The summed E-state index contributed by atoms with van der Waals surface area (Å²) in [5.41, 5.74) is -0.190. The highest BCUT2D eigenvalue weighted by atomic mass is 19.3. The summed E-state index contributed by atoms with van der Waals surface area (Å²) in [5, 5.41) is 10.7. The Morgan fingerprint density at radius 2 is 1.74 bits per heavy atom. The number of rotatable bonds is 8. The first-order valence-corrected chi connectivity index (χ1v) is 7.27. The van der Waals surface area contributed by atoms with E-state index < -0.39 is 35.4 Å². The summed E-state index contributed by atoms with van der Waals surface area (Å²) in [6.07, 6.45) is 2.23. The molecule has 0 fully saturated rings. The lowest BCUT2D eigenvalue weighted by molar-refractivity contribution is -0.384. The van der Waals surface area contributed by atoms with Gasteiger partial charge < -0.3 is 9.47 Å². The van der Waals surface area contributed by atoms with Gasteiger partial charge in [0.2, 0.25) is 0 Å². The van der Waals surface area contributed by atoms with Gasteiger partial charge in [-0.1, -0.05) is 18.2 Å². The average Bonchev–Trinajstić information content (AvgIpc) is 2.59. The monoisotopic (exact) mass is 385 g/mol. The van der Waals surface area contributed by atoms with Crippen LogP contribution in [0.15, 0.2) is 48.5 Å². The van der Waals surface area contributed by atoms with Gasteiger partial charge in [0.05, 0.1) is 10.5 Å². The standard InChI is InChI=1S/C17H11F4NO5/c18-16(19)26-12-5-6-13(15(9-12)27-17(20)21)14(23)7-4-10-2-1-3-11(8-10)22(24)25/h1-9,16-17H. The van der Waals surface area contributed by atoms with Gasteiger partial charge in [-0.25, -0.2) is 0 Å². The second-order valence-electron chi connectivity index (χ2n) is 4.96. The molecule has 0 amide bonds. The molecular weight excluding hydrogens is 374 g/mol. The van der Waals surface area contributed by atoms with Crippen LogP contribution >= 0.6 is 0 Å². The molecule has 2 aromatic rings. The number of carbonyl (C=O) groups excluding carboxylic acids is 1. The summed E-state index contributed by atoms with van der Waals surface area (Å²) >= 11 is 0. The van der Waals surface area contributed by atoms with E-state index in [1.165, 1.54) is 30.3 Å². The third-order valence-corrected chi connectivity index (χ3v) is 3.17. The lowest BCUT2D eigenvalue weighted by Gasteiger charge is -2.11. The topological polar surface area (TPSA) is 78.7 Å². The van der Waals surface area contributed by atoms with Crippen LogP contribution in [0.5, 0.6) is 11.5 Å². The molecule has 0 saturated heterocycles. The number of nitrogens with zero attached hydrogens (tertiary/aromatic N) is 1. The number of halogens is 4. The van der Waals surface area contributed by atoms with Crippen molar-refractivity contribution in [1.82, 2.24) is 0 Å². The third kappa shape index (κ3) is 5.80. The van der Waals surface area contributed by atoms with E-state index in [1.54, 1.807) is 0 Å². The largest absolute Gasteiger partial charge is 0.435 e. The van der Waals surface area contributed by atoms with Gasteiger partial charge in [-0.3, -0.25) is 14.9 Å². The first-order chi connectivity index (χ1) is 12.8. The van der Waals surface area contributed by atoms with E-state index in [1.807, 2.05) is 0 Å². The fraction of sp³-hybridized carbons (Fsp3) is 0.118. The van der Waals surface area contributed by atoms with Gasteiger partial charge >= 0.3 is 13.2 Å². The number of hydrogen-bond acceptors (Lipinski definition) is 5. The number of ether oxygens (including phenoxy) is 2. The van der Waals surface area contributed by atoms with Crippen molar-refractivity contribution in [2.45, 2.75) is 13.2 Å². The smallest absolute Gasteiger partial charge is 0.387 e. The Labute approximate surface area is 149 Å². The van der Waals surface area contributed by atoms with Gasteiger partial charge in [0.1, 0.15) is 11.5 Å². The number of nitro benzene ring substituents is 1. The normalized spacial score (nSPS) is 11.2. The first-order valence-electron chi connectivity index (χ1n) is 7.27. The van der Waals surface area contributed by atoms with E-state index in [0.717, 1.165) is 24.3 Å². The Hall–Kier alpha value is -3.43. The average molecular weight is 385 g/mol. The zero-order chi connectivity index (χ0) is 20.0. The molecule has 0 unspecified atom stereocenters. The van der Waals surface area contributed by atoms with E-state index in [2.05, 4.69) is 9.47 Å². The van der Waals surface area contributed by atoms with Crippen LogP contribution in [0.2, 0.25) is 0 Å². The highest BCUT2D eigenvalue weighted by Crippen LogP contribution is 2.28. The molecule has 0 atom stereocenters. The number of benzene rings is 2. The Bertz CT molecular complexity index is 870. The fourth-order valence-corrected chi connectivity index (χ4v) is 2.08. The predicted molar refractivity (Wildman–Crippen MR) is 86.2 cm³/mol. The molecule has 0 aromatic heterocycles. The molecule has 0 saturated carbocycles. The van der Waals surface area contributed by atoms with Crippen molar-refractivity contribution in [3.63, 3.8) is 0 Å². The molecule has 0 aliphatic rings. The zero-order valence-corrected chi connectivity index (χ0v) is 13.4. The number of ketones is 1. The maximum absolute atomic E-state index is 12.5. The molecule has 2 aromatic carbocycles. The molecule has 2 rings (SSSR count). The molecule has 142 valence electrons. The highest BCUT2D eigenvalue weighted by Gasteiger charge is 2.17. The molecule has 0 aliphatic heterocycles. The van der Waals surface area contributed by atoms with Gasteiger partial charge in [0.15, 0.2) is 5.78 Å². The van der Waals surface area contributed by atoms with Crippen molar-refractivity contribution < 1.29 is 36.8 Å². The third-order valence-electron chi connectivity index (χ3n) is 3.17. The molecule has 10 heteroatoms. The summed E-state index contributed by atoms with van der Waals surface area (Å²) in [5.74, 6) is -1.88. The van der Waals surface area contributed by atoms with Gasteiger partial charge in [0, 0.05) is 18.2 Å². The number of allylic oxidation sites excluding steroid dienone is 1. The predicted octanol–water partition coefficient (Wildman–Crippen LogP) is 4.69. The van der Waals surface area contributed by atoms with Crippen LogP contribution in [0.4, 0.5) is 23.2 Å². The van der Waals surface area contributed by atoms with E-state index >= 15 is 0 Å². The summed E-state index contributed by atoms with van der Waals surface area (Å²) in [6, 6.07) is 8.10. The molecule has 0 aliphatic carbocycles. The molecule has 6 nitrogen and oxygen atoms in total. The summed E-state index contributed by atoms with van der Waals surface area (Å²) in [4.78, 5) is 22.4. The van der Waals surface area contributed by atoms with E-state index in [0.29, 0.717) is 5.56 Å². The molecular formula is C17H11F4NO5. The van der Waals surface area contributed by atoms with Crippen molar-refractivity contribution in [2.24, 2.45) is 0 Å². The van der Waals surface area contributed by atoms with Crippen LogP contribution in [0.25, 0.3) is 6.08 Å². The maximum atomic E-state index is 12.5. The summed E-state index contributed by atoms with van der Waals surface area (Å²) < 4.78 is 57.8. The number of nitro groups is 1. The number of carbonyl (C=O) groups is 1. The molecule has 0 heterocycles. The number of non-ortho nitro benzene ring substituents is 1. The van der Waals surface area contributed by atoms with Crippen LogP contribution in [0.1, 0.15) is 15.9 Å². The molecule has 0 spiro atoms. The van der Waals surface area contributed by atoms with Gasteiger partial charge in [0.25, 0.3) is 5.69 Å². The molecule has 27 heavy (non-hydrogen) atoms. The first kappa shape index (κ1) is 19.9. The summed E-state index contributed by atoms with van der Waals surface area (Å²) in [7, 11) is 0. The van der Waals surface area contributed by atoms with Gasteiger partial charge in [-0.05, 0) is 23.8 Å². The van der Waals surface area contributed by atoms with Crippen molar-refractivity contribution in [1.29, 1.82) is 0 Å². The minimum atomic E-state index is -3.29. The Balaban J connectivity index is 2.28. The quantitative estimate of drug-likeness (QED) is 0.217. The second kappa shape index (κ2) is 8.79. The minimum Gasteiger partial charge on any atom is -0.435 e. The second-order valence-corrected chi connectivity index (χ2v) is 4.96. The van der Waals surface area contributed by atoms with Crippen LogP contribution in [-0.2, 0) is 0 Å². The minimum absolute atomic E-state index is 0.195. The van der Waals surface area contributed by atoms with Crippen LogP contribution < -0.4 is 9.47 Å². The molecule has 0 bridgehead atoms. The molecule has 0 radical (unpaired) electrons. The Morgan fingerprint density at radius 3 is 2.37 bits per heavy atom. The number of alkyl halides is 4. The Kier molecular flexibility index (Phi) is 6.47. The van der Waals surface area contributed by atoms with Gasteiger partial charge in [-0.2, -0.15) is 17.6 Å². The van der Waals surface area contributed by atoms with Crippen molar-refractivity contribution >= 4 is 17.5 Å². The lowest BCUT2D eigenvalue weighted by atomic mass is 10.1. The van der Waals surface area contributed by atoms with E-state index in [9.17, 15) is 32.5 Å². The maximum Gasteiger partial charge on any atom is 0.387 e. The van der Waals surface area contributed by atoms with Crippen molar-refractivity contribution in [2.75, 3.05) is 0 Å². The van der Waals surface area contributed by atoms with E-state index in [-0.39, 0.29) is 11.3 Å². The lowest BCUT2D eigenvalue weighted by Crippen LogP contribution is -2.08. The molecule has 0 N–H and O–H groups in total. The fourth-order valence-electron chi connectivity index (χ4n) is 2.08.